The summed E-state index contributed by atoms with van der Waals surface area (Å²) in [4.78, 5) is 0. The number of hydrogen-bond acceptors (Lipinski definition) is 1. The molecular weight excluding hydrogens is 230 g/mol. The highest BCUT2D eigenvalue weighted by Gasteiger charge is 2.54. The minimum atomic E-state index is 0.287. The molecule has 1 spiro atoms. The third-order valence-electron chi connectivity index (χ3n) is 5.70. The fourth-order valence-corrected chi connectivity index (χ4v) is 4.83. The lowest BCUT2D eigenvalue weighted by molar-refractivity contribution is 0.0109. The van der Waals surface area contributed by atoms with Crippen LogP contribution in [0.1, 0.15) is 62.5 Å². The van der Waals surface area contributed by atoms with Crippen molar-refractivity contribution >= 4 is 0 Å². The van der Waals surface area contributed by atoms with Crippen LogP contribution >= 0.6 is 0 Å². The topological polar surface area (TPSA) is 26.0 Å². The zero-order valence-electron chi connectivity index (χ0n) is 12.3. The van der Waals surface area contributed by atoms with E-state index in [9.17, 15) is 0 Å². The van der Waals surface area contributed by atoms with Crippen molar-refractivity contribution in [2.45, 2.75) is 63.7 Å². The lowest BCUT2D eigenvalue weighted by Crippen LogP contribution is -2.54. The molecule has 0 aromatic heterocycles. The lowest BCUT2D eigenvalue weighted by Gasteiger charge is -2.57. The molecular formula is C18H27N. The highest BCUT2D eigenvalue weighted by molar-refractivity contribution is 5.37. The van der Waals surface area contributed by atoms with Crippen molar-refractivity contribution < 1.29 is 0 Å². The molecule has 0 radical (unpaired) electrons. The Balaban J connectivity index is 1.83. The standard InChI is InChI=1S/C18H27N/c1-15-8-4-5-9-16(15)18(14-19)12-17(13-18)10-6-2-3-7-11-17/h4-5,8-9H,2-3,6-7,10-14,19H2,1H3. The highest BCUT2D eigenvalue weighted by Crippen LogP contribution is 2.61. The van der Waals surface area contributed by atoms with Gasteiger partial charge in [-0.1, -0.05) is 49.9 Å². The minimum Gasteiger partial charge on any atom is -0.330 e. The molecule has 0 heterocycles. The van der Waals surface area contributed by atoms with Crippen LogP contribution < -0.4 is 5.73 Å². The summed E-state index contributed by atoms with van der Waals surface area (Å²) >= 11 is 0. The van der Waals surface area contributed by atoms with Crippen LogP contribution in [0.4, 0.5) is 0 Å². The molecule has 0 atom stereocenters. The second kappa shape index (κ2) is 4.94. The molecule has 104 valence electrons. The first-order chi connectivity index (χ1) is 9.20. The van der Waals surface area contributed by atoms with Gasteiger partial charge in [-0.25, -0.2) is 0 Å². The van der Waals surface area contributed by atoms with Crippen molar-refractivity contribution in [3.63, 3.8) is 0 Å². The average molecular weight is 257 g/mol. The molecule has 0 saturated heterocycles. The molecule has 2 aliphatic rings. The lowest BCUT2D eigenvalue weighted by atomic mass is 9.48. The van der Waals surface area contributed by atoms with Gasteiger partial charge in [-0.3, -0.25) is 0 Å². The molecule has 2 N–H and O–H groups in total. The summed E-state index contributed by atoms with van der Waals surface area (Å²) in [5, 5.41) is 0. The summed E-state index contributed by atoms with van der Waals surface area (Å²) in [5.41, 5.74) is 10.1. The smallest absolute Gasteiger partial charge is 0.00887 e. The summed E-state index contributed by atoms with van der Waals surface area (Å²) in [6, 6.07) is 8.87. The molecule has 19 heavy (non-hydrogen) atoms. The predicted molar refractivity (Wildman–Crippen MR) is 81.3 cm³/mol. The number of nitrogens with two attached hydrogens (primary N) is 1. The first kappa shape index (κ1) is 13.2. The van der Waals surface area contributed by atoms with Crippen LogP contribution in [0.5, 0.6) is 0 Å². The van der Waals surface area contributed by atoms with E-state index in [0.717, 1.165) is 6.54 Å². The van der Waals surface area contributed by atoms with Crippen LogP contribution in [0, 0.1) is 12.3 Å². The summed E-state index contributed by atoms with van der Waals surface area (Å²) in [6.45, 7) is 3.06. The Bertz CT molecular complexity index is 433. The van der Waals surface area contributed by atoms with Gasteiger partial charge in [-0.2, -0.15) is 0 Å². The average Bonchev–Trinajstić information content (AvgIpc) is 2.63. The Labute approximate surface area is 117 Å². The molecule has 1 nitrogen and oxygen atoms in total. The van der Waals surface area contributed by atoms with E-state index in [-0.39, 0.29) is 5.41 Å². The van der Waals surface area contributed by atoms with Gasteiger partial charge in [0.25, 0.3) is 0 Å². The maximum Gasteiger partial charge on any atom is 0.00887 e. The Kier molecular flexibility index (Phi) is 3.42. The van der Waals surface area contributed by atoms with Gasteiger partial charge in [0, 0.05) is 12.0 Å². The van der Waals surface area contributed by atoms with Crippen LogP contribution in [0.3, 0.4) is 0 Å². The number of benzene rings is 1. The number of aryl methyl sites for hydroxylation is 1. The normalized spacial score (nSPS) is 24.7. The first-order valence-corrected chi connectivity index (χ1v) is 7.96. The fourth-order valence-electron chi connectivity index (χ4n) is 4.83. The summed E-state index contributed by atoms with van der Waals surface area (Å²) < 4.78 is 0. The molecule has 1 heteroatoms. The summed E-state index contributed by atoms with van der Waals surface area (Å²) in [5.74, 6) is 0. The van der Waals surface area contributed by atoms with Gasteiger partial charge in [-0.05, 0) is 49.1 Å². The maximum atomic E-state index is 6.20. The molecule has 2 fully saturated rings. The molecule has 0 aliphatic heterocycles. The van der Waals surface area contributed by atoms with E-state index in [1.807, 2.05) is 0 Å². The Morgan fingerprint density at radius 2 is 1.63 bits per heavy atom. The summed E-state index contributed by atoms with van der Waals surface area (Å²) in [6.07, 6.45) is 11.3. The van der Waals surface area contributed by atoms with E-state index in [1.54, 1.807) is 0 Å². The first-order valence-electron chi connectivity index (χ1n) is 7.96. The monoisotopic (exact) mass is 257 g/mol. The maximum absolute atomic E-state index is 6.20. The number of rotatable bonds is 2. The summed E-state index contributed by atoms with van der Waals surface area (Å²) in [7, 11) is 0. The molecule has 2 saturated carbocycles. The van der Waals surface area contributed by atoms with E-state index < -0.39 is 0 Å². The third-order valence-corrected chi connectivity index (χ3v) is 5.70. The van der Waals surface area contributed by atoms with E-state index in [2.05, 4.69) is 31.2 Å². The van der Waals surface area contributed by atoms with Crippen LogP contribution in [0.15, 0.2) is 24.3 Å². The fraction of sp³-hybridized carbons (Fsp3) is 0.667. The largest absolute Gasteiger partial charge is 0.330 e. The quantitative estimate of drug-likeness (QED) is 0.838. The van der Waals surface area contributed by atoms with Gasteiger partial charge in [0.05, 0.1) is 0 Å². The predicted octanol–water partition coefficient (Wildman–Crippen LogP) is 4.33. The van der Waals surface area contributed by atoms with Crippen LogP contribution in [-0.2, 0) is 5.41 Å². The van der Waals surface area contributed by atoms with E-state index in [0.29, 0.717) is 5.41 Å². The van der Waals surface area contributed by atoms with Crippen LogP contribution in [-0.4, -0.2) is 6.54 Å². The SMILES string of the molecule is Cc1ccccc1C1(CN)CC2(CCCCCC2)C1. The number of hydrogen-bond donors (Lipinski definition) is 1. The minimum absolute atomic E-state index is 0.287. The molecule has 1 aromatic carbocycles. The third kappa shape index (κ3) is 2.23. The molecule has 3 rings (SSSR count). The Morgan fingerprint density at radius 3 is 2.21 bits per heavy atom. The van der Waals surface area contributed by atoms with Crippen molar-refractivity contribution in [3.8, 4) is 0 Å². The molecule has 0 unspecified atom stereocenters. The van der Waals surface area contributed by atoms with E-state index in [1.165, 1.54) is 62.5 Å². The van der Waals surface area contributed by atoms with Gasteiger partial charge in [0.1, 0.15) is 0 Å². The van der Waals surface area contributed by atoms with Crippen LogP contribution in [0.2, 0.25) is 0 Å². The zero-order chi connectivity index (χ0) is 13.3. The van der Waals surface area contributed by atoms with Crippen molar-refractivity contribution in [2.24, 2.45) is 11.1 Å². The second-order valence-electron chi connectivity index (χ2n) is 7.07. The van der Waals surface area contributed by atoms with Gasteiger partial charge in [0.2, 0.25) is 0 Å². The second-order valence-corrected chi connectivity index (χ2v) is 7.07. The molecule has 1 aromatic rings. The molecule has 0 bridgehead atoms. The van der Waals surface area contributed by atoms with Crippen molar-refractivity contribution in [1.82, 2.24) is 0 Å². The Hall–Kier alpha value is -0.820. The van der Waals surface area contributed by atoms with Crippen molar-refractivity contribution in [2.75, 3.05) is 6.54 Å². The Morgan fingerprint density at radius 1 is 1.00 bits per heavy atom. The highest BCUT2D eigenvalue weighted by atomic mass is 14.7. The van der Waals surface area contributed by atoms with Crippen LogP contribution in [0.25, 0.3) is 0 Å². The van der Waals surface area contributed by atoms with Gasteiger partial charge >= 0.3 is 0 Å². The van der Waals surface area contributed by atoms with Crippen molar-refractivity contribution in [3.05, 3.63) is 35.4 Å². The van der Waals surface area contributed by atoms with Gasteiger partial charge < -0.3 is 5.73 Å². The van der Waals surface area contributed by atoms with E-state index in [4.69, 9.17) is 5.73 Å². The zero-order valence-corrected chi connectivity index (χ0v) is 12.3. The van der Waals surface area contributed by atoms with Crippen molar-refractivity contribution in [1.29, 1.82) is 0 Å². The van der Waals surface area contributed by atoms with Gasteiger partial charge in [0.15, 0.2) is 0 Å². The molecule has 0 amide bonds. The van der Waals surface area contributed by atoms with E-state index >= 15 is 0 Å². The van der Waals surface area contributed by atoms with Gasteiger partial charge in [-0.15, -0.1) is 0 Å². The molecule has 2 aliphatic carbocycles.